The van der Waals surface area contributed by atoms with E-state index >= 15 is 0 Å². The quantitative estimate of drug-likeness (QED) is 0.884. The number of nitrogens with zero attached hydrogens (tertiary/aromatic N) is 1. The molecule has 5 nitrogen and oxygen atoms in total. The number of rotatable bonds is 5. The van der Waals surface area contributed by atoms with E-state index in [9.17, 15) is 13.2 Å². The van der Waals surface area contributed by atoms with Crippen molar-refractivity contribution in [1.29, 1.82) is 0 Å². The van der Waals surface area contributed by atoms with Gasteiger partial charge < -0.3 is 4.90 Å². The Kier molecular flexibility index (Phi) is 4.45. The lowest BCUT2D eigenvalue weighted by molar-refractivity contribution is -0.131. The van der Waals surface area contributed by atoms with Crippen molar-refractivity contribution < 1.29 is 13.2 Å². The van der Waals surface area contributed by atoms with Gasteiger partial charge in [-0.2, -0.15) is 0 Å². The highest BCUT2D eigenvalue weighted by Crippen LogP contribution is 2.34. The van der Waals surface area contributed by atoms with Crippen LogP contribution in [0.1, 0.15) is 30.0 Å². The third kappa shape index (κ3) is 3.58. The van der Waals surface area contributed by atoms with Gasteiger partial charge in [-0.25, -0.2) is 13.1 Å². The standard InChI is InChI=1S/C14H20N2O3S/c1-16(14(17)9-10-15-20(2,18)19)13-8-7-11-5-3-4-6-12(11)13/h3-6,13,15H,7-10H2,1-2H3/t13-/m0/s1. The summed E-state index contributed by atoms with van der Waals surface area (Å²) in [6, 6.07) is 8.27. The molecule has 0 unspecified atom stereocenters. The second-order valence-electron chi connectivity index (χ2n) is 5.17. The Morgan fingerprint density at radius 3 is 2.80 bits per heavy atom. The Morgan fingerprint density at radius 2 is 2.10 bits per heavy atom. The van der Waals surface area contributed by atoms with Crippen LogP contribution >= 0.6 is 0 Å². The number of benzene rings is 1. The Morgan fingerprint density at radius 1 is 1.40 bits per heavy atom. The smallest absolute Gasteiger partial charge is 0.224 e. The van der Waals surface area contributed by atoms with Gasteiger partial charge in [-0.05, 0) is 24.0 Å². The molecule has 110 valence electrons. The van der Waals surface area contributed by atoms with E-state index in [0.29, 0.717) is 0 Å². The zero-order valence-corrected chi connectivity index (χ0v) is 12.6. The number of carbonyl (C=O) groups is 1. The number of nitrogens with one attached hydrogen (secondary N) is 1. The topological polar surface area (TPSA) is 66.5 Å². The van der Waals surface area contributed by atoms with E-state index in [4.69, 9.17) is 0 Å². The van der Waals surface area contributed by atoms with Gasteiger partial charge in [0.05, 0.1) is 12.3 Å². The first kappa shape index (κ1) is 15.0. The second kappa shape index (κ2) is 5.93. The summed E-state index contributed by atoms with van der Waals surface area (Å²) >= 11 is 0. The fraction of sp³-hybridized carbons (Fsp3) is 0.500. The molecule has 0 aromatic heterocycles. The van der Waals surface area contributed by atoms with Crippen LogP contribution in [-0.2, 0) is 21.2 Å². The number of hydrogen-bond acceptors (Lipinski definition) is 3. The second-order valence-corrected chi connectivity index (χ2v) is 7.01. The average molecular weight is 296 g/mol. The van der Waals surface area contributed by atoms with Crippen molar-refractivity contribution >= 4 is 15.9 Å². The molecule has 1 aliphatic rings. The lowest BCUT2D eigenvalue weighted by Crippen LogP contribution is -2.33. The van der Waals surface area contributed by atoms with E-state index < -0.39 is 10.0 Å². The minimum Gasteiger partial charge on any atom is -0.339 e. The molecule has 6 heteroatoms. The van der Waals surface area contributed by atoms with E-state index in [1.165, 1.54) is 11.1 Å². The van der Waals surface area contributed by atoms with Crippen molar-refractivity contribution in [1.82, 2.24) is 9.62 Å². The highest BCUT2D eigenvalue weighted by Gasteiger charge is 2.27. The van der Waals surface area contributed by atoms with Crippen LogP contribution in [0.25, 0.3) is 0 Å². The average Bonchev–Trinajstić information content (AvgIpc) is 2.80. The number of fused-ring (bicyclic) bond motifs is 1. The molecule has 1 aromatic rings. The van der Waals surface area contributed by atoms with Gasteiger partial charge >= 0.3 is 0 Å². The molecule has 0 aliphatic heterocycles. The predicted molar refractivity (Wildman–Crippen MR) is 77.7 cm³/mol. The SMILES string of the molecule is CN(C(=O)CCNS(C)(=O)=O)[C@H]1CCc2ccccc21. The van der Waals surface area contributed by atoms with Crippen LogP contribution in [0.5, 0.6) is 0 Å². The molecule has 2 rings (SSSR count). The van der Waals surface area contributed by atoms with Gasteiger partial charge in [-0.1, -0.05) is 24.3 Å². The largest absolute Gasteiger partial charge is 0.339 e. The van der Waals surface area contributed by atoms with Crippen molar-refractivity contribution in [2.75, 3.05) is 19.8 Å². The van der Waals surface area contributed by atoms with Crippen molar-refractivity contribution in [3.63, 3.8) is 0 Å². The van der Waals surface area contributed by atoms with Gasteiger partial charge in [-0.3, -0.25) is 4.79 Å². The predicted octanol–water partition coefficient (Wildman–Crippen LogP) is 1.07. The normalized spacial score (nSPS) is 17.8. The van der Waals surface area contributed by atoms with E-state index in [1.54, 1.807) is 11.9 Å². The summed E-state index contributed by atoms with van der Waals surface area (Å²) < 4.78 is 24.3. The van der Waals surface area contributed by atoms with Gasteiger partial charge in [0.1, 0.15) is 0 Å². The maximum absolute atomic E-state index is 12.1. The molecular weight excluding hydrogens is 276 g/mol. The van der Waals surface area contributed by atoms with Crippen LogP contribution in [0.2, 0.25) is 0 Å². The summed E-state index contributed by atoms with van der Waals surface area (Å²) in [4.78, 5) is 13.8. The highest BCUT2D eigenvalue weighted by atomic mass is 32.2. The monoisotopic (exact) mass is 296 g/mol. The first-order valence-corrected chi connectivity index (χ1v) is 8.56. The molecule has 1 aliphatic carbocycles. The van der Waals surface area contributed by atoms with Crippen LogP contribution in [-0.4, -0.2) is 39.1 Å². The fourth-order valence-electron chi connectivity index (χ4n) is 2.63. The summed E-state index contributed by atoms with van der Waals surface area (Å²) in [6.07, 6.45) is 3.19. The minimum absolute atomic E-state index is 0.0390. The third-order valence-corrected chi connectivity index (χ3v) is 4.39. The number of aryl methyl sites for hydroxylation is 1. The molecule has 0 heterocycles. The van der Waals surface area contributed by atoms with Crippen LogP contribution in [0.4, 0.5) is 0 Å². The van der Waals surface area contributed by atoms with E-state index in [2.05, 4.69) is 16.9 Å². The molecule has 0 bridgehead atoms. The third-order valence-electron chi connectivity index (χ3n) is 3.67. The minimum atomic E-state index is -3.23. The first-order chi connectivity index (χ1) is 9.38. The van der Waals surface area contributed by atoms with Crippen LogP contribution in [0.15, 0.2) is 24.3 Å². The van der Waals surface area contributed by atoms with Crippen LogP contribution < -0.4 is 4.72 Å². The first-order valence-electron chi connectivity index (χ1n) is 6.66. The van der Waals surface area contributed by atoms with Gasteiger partial charge in [0.15, 0.2) is 0 Å². The molecule has 0 fully saturated rings. The molecule has 20 heavy (non-hydrogen) atoms. The van der Waals surface area contributed by atoms with Gasteiger partial charge in [0.25, 0.3) is 0 Å². The lowest BCUT2D eigenvalue weighted by Gasteiger charge is -2.25. The Hall–Kier alpha value is -1.40. The summed E-state index contributed by atoms with van der Waals surface area (Å²) in [5, 5.41) is 0. The lowest BCUT2D eigenvalue weighted by atomic mass is 10.1. The van der Waals surface area contributed by atoms with E-state index in [0.717, 1.165) is 19.1 Å². The molecule has 1 N–H and O–H groups in total. The number of sulfonamides is 1. The van der Waals surface area contributed by atoms with E-state index in [1.807, 2.05) is 12.1 Å². The van der Waals surface area contributed by atoms with Gasteiger partial charge in [0, 0.05) is 20.0 Å². The highest BCUT2D eigenvalue weighted by molar-refractivity contribution is 7.88. The molecule has 0 spiro atoms. The Bertz CT molecular complexity index is 598. The number of amides is 1. The molecular formula is C14H20N2O3S. The molecule has 1 atom stereocenters. The number of carbonyl (C=O) groups excluding carboxylic acids is 1. The summed E-state index contributed by atoms with van der Waals surface area (Å²) in [7, 11) is -1.45. The summed E-state index contributed by atoms with van der Waals surface area (Å²) in [5.41, 5.74) is 2.51. The molecule has 0 saturated heterocycles. The molecule has 0 radical (unpaired) electrons. The maximum Gasteiger partial charge on any atom is 0.224 e. The number of hydrogen-bond donors (Lipinski definition) is 1. The maximum atomic E-state index is 12.1. The van der Waals surface area contributed by atoms with Crippen molar-refractivity contribution in [2.45, 2.75) is 25.3 Å². The van der Waals surface area contributed by atoms with Crippen molar-refractivity contribution in [3.8, 4) is 0 Å². The van der Waals surface area contributed by atoms with Gasteiger partial charge in [-0.15, -0.1) is 0 Å². The van der Waals surface area contributed by atoms with E-state index in [-0.39, 0.29) is 24.9 Å². The summed E-state index contributed by atoms with van der Waals surface area (Å²) in [6.45, 7) is 0.149. The Labute approximate surface area is 120 Å². The van der Waals surface area contributed by atoms with Crippen LogP contribution in [0.3, 0.4) is 0 Å². The zero-order chi connectivity index (χ0) is 14.8. The molecule has 1 aromatic carbocycles. The van der Waals surface area contributed by atoms with Crippen LogP contribution in [0, 0.1) is 0 Å². The Balaban J connectivity index is 1.95. The molecule has 0 saturated carbocycles. The van der Waals surface area contributed by atoms with Crippen molar-refractivity contribution in [3.05, 3.63) is 35.4 Å². The fourth-order valence-corrected chi connectivity index (χ4v) is 3.10. The zero-order valence-electron chi connectivity index (χ0n) is 11.8. The van der Waals surface area contributed by atoms with Crippen molar-refractivity contribution in [2.24, 2.45) is 0 Å². The van der Waals surface area contributed by atoms with Gasteiger partial charge in [0.2, 0.25) is 15.9 Å². The molecule has 1 amide bonds. The summed E-state index contributed by atoms with van der Waals surface area (Å²) in [5.74, 6) is -0.0390.